The summed E-state index contributed by atoms with van der Waals surface area (Å²) in [6.45, 7) is 0.0876. The van der Waals surface area contributed by atoms with Crippen LogP contribution < -0.4 is 11.1 Å². The Morgan fingerprint density at radius 3 is 2.93 bits per heavy atom. The number of hydrogen-bond donors (Lipinski definition) is 3. The fraction of sp³-hybridized carbons (Fsp3) is 0.158. The van der Waals surface area contributed by atoms with Crippen molar-refractivity contribution in [1.29, 1.82) is 0 Å². The zero-order chi connectivity index (χ0) is 19.4. The van der Waals surface area contributed by atoms with Crippen LogP contribution in [-0.2, 0) is 22.7 Å². The number of rotatable bonds is 2. The molecule has 0 saturated heterocycles. The molecule has 0 bridgehead atoms. The lowest BCUT2D eigenvalue weighted by Crippen LogP contribution is -2.32. The summed E-state index contributed by atoms with van der Waals surface area (Å²) >= 11 is 0. The van der Waals surface area contributed by atoms with Gasteiger partial charge in [-0.15, -0.1) is 0 Å². The van der Waals surface area contributed by atoms with Crippen molar-refractivity contribution in [2.75, 3.05) is 0 Å². The zero-order valence-electron chi connectivity index (χ0n) is 14.4. The largest absolute Gasteiger partial charge is 0.458 e. The molecule has 3 aromatic rings. The highest BCUT2D eigenvalue weighted by atomic mass is 16.5. The highest BCUT2D eigenvalue weighted by Crippen LogP contribution is 2.37. The number of nitrogens with one attached hydrogen (secondary N) is 1. The Bertz CT molecular complexity index is 1250. The number of benzene rings is 1. The molecule has 9 heteroatoms. The maximum atomic E-state index is 13.0. The molecule has 0 radical (unpaired) electrons. The number of aromatic nitrogens is 2. The average Bonchev–Trinajstić information content (AvgIpc) is 3.07. The van der Waals surface area contributed by atoms with E-state index in [0.717, 1.165) is 16.5 Å². The standard InChI is InChI=1S/C19H14N4O5/c24-17-10-5-15-16-12(7-23(15)18(25)13(10)8-28-19(17)26)11(6-20-22-27)9-3-1-2-4-14(9)21-16/h1-6,17,22,24,27H,7-8H2/b20-6+. The van der Waals surface area contributed by atoms with Gasteiger partial charge in [-0.3, -0.25) is 10.0 Å². The van der Waals surface area contributed by atoms with Crippen LogP contribution in [0, 0.1) is 0 Å². The van der Waals surface area contributed by atoms with Crippen LogP contribution in [-0.4, -0.2) is 32.0 Å². The van der Waals surface area contributed by atoms with Crippen molar-refractivity contribution in [2.24, 2.45) is 5.10 Å². The van der Waals surface area contributed by atoms with Crippen molar-refractivity contribution >= 4 is 23.1 Å². The maximum Gasteiger partial charge on any atom is 0.340 e. The number of carbonyl (C=O) groups is 1. The summed E-state index contributed by atoms with van der Waals surface area (Å²) in [5.74, 6) is -0.775. The second-order valence-corrected chi connectivity index (χ2v) is 6.59. The summed E-state index contributed by atoms with van der Waals surface area (Å²) in [6, 6.07) is 9.06. The first kappa shape index (κ1) is 16.6. The Hall–Kier alpha value is -3.56. The first-order valence-corrected chi connectivity index (χ1v) is 8.55. The average molecular weight is 378 g/mol. The van der Waals surface area contributed by atoms with E-state index in [9.17, 15) is 14.7 Å². The molecule has 1 atom stereocenters. The number of pyridine rings is 2. The number of aliphatic hydroxyl groups is 1. The zero-order valence-corrected chi connectivity index (χ0v) is 14.4. The number of hydrogen-bond acceptors (Lipinski definition) is 8. The number of para-hydroxylation sites is 1. The third-order valence-corrected chi connectivity index (χ3v) is 5.16. The van der Waals surface area contributed by atoms with Gasteiger partial charge in [0, 0.05) is 22.1 Å². The predicted octanol–water partition coefficient (Wildman–Crippen LogP) is 0.828. The summed E-state index contributed by atoms with van der Waals surface area (Å²) in [4.78, 5) is 29.4. The van der Waals surface area contributed by atoms with E-state index in [4.69, 9.17) is 14.9 Å². The van der Waals surface area contributed by atoms with E-state index in [0.29, 0.717) is 16.9 Å². The van der Waals surface area contributed by atoms with Gasteiger partial charge < -0.3 is 14.4 Å². The van der Waals surface area contributed by atoms with Gasteiger partial charge in [-0.25, -0.2) is 9.78 Å². The van der Waals surface area contributed by atoms with Gasteiger partial charge >= 0.3 is 5.97 Å². The van der Waals surface area contributed by atoms with Crippen LogP contribution in [0.3, 0.4) is 0 Å². The molecule has 0 fully saturated rings. The summed E-state index contributed by atoms with van der Waals surface area (Å²) in [7, 11) is 0. The van der Waals surface area contributed by atoms with E-state index < -0.39 is 12.1 Å². The monoisotopic (exact) mass is 378 g/mol. The lowest BCUT2D eigenvalue weighted by molar-refractivity contribution is -0.157. The van der Waals surface area contributed by atoms with Gasteiger partial charge in [-0.05, 0) is 12.1 Å². The molecule has 2 aliphatic rings. The van der Waals surface area contributed by atoms with Crippen molar-refractivity contribution in [1.82, 2.24) is 15.1 Å². The third kappa shape index (κ3) is 2.20. The minimum absolute atomic E-state index is 0.168. The van der Waals surface area contributed by atoms with Crippen molar-refractivity contribution in [3.63, 3.8) is 0 Å². The number of esters is 1. The van der Waals surface area contributed by atoms with E-state index in [2.05, 4.69) is 5.10 Å². The van der Waals surface area contributed by atoms with Crippen LogP contribution in [0.5, 0.6) is 0 Å². The van der Waals surface area contributed by atoms with E-state index in [1.165, 1.54) is 6.21 Å². The SMILES string of the molecule is O=C1OCc2c(cc3n(c2=O)Cc2c-3nc3ccccc3c2/C=N/NO)C1O. The second kappa shape index (κ2) is 5.98. The van der Waals surface area contributed by atoms with E-state index in [1.54, 1.807) is 16.2 Å². The van der Waals surface area contributed by atoms with Crippen LogP contribution in [0.2, 0.25) is 0 Å². The smallest absolute Gasteiger partial charge is 0.340 e. The van der Waals surface area contributed by atoms with Gasteiger partial charge in [-0.1, -0.05) is 18.2 Å². The topological polar surface area (TPSA) is 126 Å². The normalized spacial score (nSPS) is 17.4. The minimum atomic E-state index is -1.49. The molecule has 0 amide bonds. The fourth-order valence-electron chi connectivity index (χ4n) is 3.85. The fourth-order valence-corrected chi connectivity index (χ4v) is 3.85. The number of cyclic esters (lactones) is 1. The molecular formula is C19H14N4O5. The Balaban J connectivity index is 1.82. The first-order valence-electron chi connectivity index (χ1n) is 8.55. The molecule has 5 rings (SSSR count). The van der Waals surface area contributed by atoms with Crippen LogP contribution >= 0.6 is 0 Å². The number of nitrogens with zero attached hydrogens (tertiary/aromatic N) is 3. The summed E-state index contributed by atoms with van der Waals surface area (Å²) in [5.41, 5.74) is 5.21. The lowest BCUT2D eigenvalue weighted by atomic mass is 9.99. The Morgan fingerprint density at radius 2 is 2.11 bits per heavy atom. The highest BCUT2D eigenvalue weighted by Gasteiger charge is 2.34. The van der Waals surface area contributed by atoms with E-state index >= 15 is 0 Å². The first-order chi connectivity index (χ1) is 13.6. The number of carbonyl (C=O) groups excluding carboxylic acids is 1. The number of fused-ring (bicyclic) bond motifs is 5. The van der Waals surface area contributed by atoms with Gasteiger partial charge in [0.1, 0.15) is 6.61 Å². The van der Waals surface area contributed by atoms with Crippen LogP contribution in [0.1, 0.15) is 28.4 Å². The van der Waals surface area contributed by atoms with Gasteiger partial charge in [0.2, 0.25) is 0 Å². The van der Waals surface area contributed by atoms with E-state index in [1.807, 2.05) is 24.3 Å². The van der Waals surface area contributed by atoms with Crippen molar-refractivity contribution < 1.29 is 19.8 Å². The summed E-state index contributed by atoms with van der Waals surface area (Å²) in [6.07, 6.45) is -0.0206. The van der Waals surface area contributed by atoms with E-state index in [-0.39, 0.29) is 29.8 Å². The van der Waals surface area contributed by atoms with Crippen molar-refractivity contribution in [2.45, 2.75) is 19.3 Å². The number of hydrazone groups is 1. The molecule has 0 aliphatic carbocycles. The molecule has 0 saturated carbocycles. The molecule has 1 unspecified atom stereocenters. The molecule has 1 aromatic carbocycles. The Morgan fingerprint density at radius 1 is 1.29 bits per heavy atom. The van der Waals surface area contributed by atoms with Gasteiger partial charge in [0.05, 0.1) is 35.2 Å². The van der Waals surface area contributed by atoms with Crippen LogP contribution in [0.25, 0.3) is 22.3 Å². The number of aliphatic hydroxyl groups excluding tert-OH is 1. The Labute approximate surface area is 157 Å². The second-order valence-electron chi connectivity index (χ2n) is 6.59. The van der Waals surface area contributed by atoms with Crippen molar-refractivity contribution in [3.05, 3.63) is 62.9 Å². The van der Waals surface area contributed by atoms with Crippen molar-refractivity contribution in [3.8, 4) is 11.4 Å². The summed E-state index contributed by atoms with van der Waals surface area (Å²) in [5, 5.41) is 23.6. The van der Waals surface area contributed by atoms with Gasteiger partial charge in [-0.2, -0.15) is 10.7 Å². The molecule has 2 aliphatic heterocycles. The molecule has 4 heterocycles. The Kier molecular flexibility index (Phi) is 3.54. The number of ether oxygens (including phenoxy) is 1. The summed E-state index contributed by atoms with van der Waals surface area (Å²) < 4.78 is 6.45. The quantitative estimate of drug-likeness (QED) is 0.268. The molecule has 28 heavy (non-hydrogen) atoms. The van der Waals surface area contributed by atoms with Crippen LogP contribution in [0.15, 0.2) is 40.2 Å². The van der Waals surface area contributed by atoms with Gasteiger partial charge in [0.25, 0.3) is 5.56 Å². The van der Waals surface area contributed by atoms with Crippen LogP contribution in [0.4, 0.5) is 0 Å². The molecule has 0 spiro atoms. The third-order valence-electron chi connectivity index (χ3n) is 5.16. The molecule has 140 valence electrons. The minimum Gasteiger partial charge on any atom is -0.458 e. The maximum absolute atomic E-state index is 13.0. The predicted molar refractivity (Wildman–Crippen MR) is 97.8 cm³/mol. The molecule has 9 nitrogen and oxygen atoms in total. The molecule has 3 N–H and O–H groups in total. The van der Waals surface area contributed by atoms with Gasteiger partial charge in [0.15, 0.2) is 6.10 Å². The lowest BCUT2D eigenvalue weighted by Gasteiger charge is -2.21. The molecule has 2 aromatic heterocycles. The highest BCUT2D eigenvalue weighted by molar-refractivity contribution is 6.02. The molecular weight excluding hydrogens is 364 g/mol.